The summed E-state index contributed by atoms with van der Waals surface area (Å²) in [5.41, 5.74) is 1.31. The first-order valence-corrected chi connectivity index (χ1v) is 7.05. The summed E-state index contributed by atoms with van der Waals surface area (Å²) in [5.74, 6) is 0.710. The maximum absolute atomic E-state index is 11.1. The van der Waals surface area contributed by atoms with Crippen molar-refractivity contribution in [1.82, 2.24) is 5.32 Å². The van der Waals surface area contributed by atoms with E-state index in [2.05, 4.69) is 20.3 Å². The number of nitrogens with one attached hydrogen (secondary N) is 3. The first kappa shape index (κ1) is 11.7. The maximum atomic E-state index is 11.1. The first-order valence-electron chi connectivity index (χ1n) is 5.16. The molecule has 0 saturated carbocycles. The molecule has 7 heteroatoms. The monoisotopic (exact) mass is 254 g/mol. The van der Waals surface area contributed by atoms with Crippen LogP contribution in [0.4, 0.5) is 11.4 Å². The van der Waals surface area contributed by atoms with Gasteiger partial charge in [-0.2, -0.15) is 0 Å². The molecule has 0 saturated heterocycles. The molecule has 92 valence electrons. The zero-order valence-corrected chi connectivity index (χ0v) is 10.2. The van der Waals surface area contributed by atoms with E-state index in [9.17, 15) is 8.42 Å². The number of guanidine groups is 1. The Labute approximate surface area is 100 Å². The summed E-state index contributed by atoms with van der Waals surface area (Å²) in [6.07, 6.45) is 1.12. The van der Waals surface area contributed by atoms with Gasteiger partial charge in [0.25, 0.3) is 0 Å². The van der Waals surface area contributed by atoms with Gasteiger partial charge in [0.2, 0.25) is 10.0 Å². The van der Waals surface area contributed by atoms with Crippen molar-refractivity contribution in [2.24, 2.45) is 4.99 Å². The molecule has 0 unspecified atom stereocenters. The number of sulfonamides is 1. The van der Waals surface area contributed by atoms with Crippen molar-refractivity contribution in [3.05, 3.63) is 24.3 Å². The second-order valence-electron chi connectivity index (χ2n) is 3.74. The number of nitrogens with zero attached hydrogens (tertiary/aromatic N) is 1. The number of rotatable bonds is 3. The highest BCUT2D eigenvalue weighted by molar-refractivity contribution is 7.92. The van der Waals surface area contributed by atoms with Crippen molar-refractivity contribution in [2.45, 2.75) is 0 Å². The van der Waals surface area contributed by atoms with Crippen LogP contribution in [-0.4, -0.2) is 33.7 Å². The molecule has 1 aromatic carbocycles. The molecular weight excluding hydrogens is 240 g/mol. The standard InChI is InChI=1S/C10H14N4O2S/c1-17(15,16)14-9-4-2-3-8(7-9)13-10-11-5-6-12-10/h2-4,7,14H,5-6H2,1H3,(H2,11,12,13). The molecule has 0 aliphatic carbocycles. The fourth-order valence-electron chi connectivity index (χ4n) is 1.49. The fraction of sp³-hybridized carbons (Fsp3) is 0.300. The van der Waals surface area contributed by atoms with Gasteiger partial charge in [-0.3, -0.25) is 9.71 Å². The third-order valence-electron chi connectivity index (χ3n) is 2.10. The van der Waals surface area contributed by atoms with Crippen LogP contribution >= 0.6 is 0 Å². The molecule has 0 spiro atoms. The van der Waals surface area contributed by atoms with Crippen molar-refractivity contribution in [1.29, 1.82) is 0 Å². The Morgan fingerprint density at radius 2 is 2.12 bits per heavy atom. The van der Waals surface area contributed by atoms with Crippen LogP contribution in [0.25, 0.3) is 0 Å². The summed E-state index contributed by atoms with van der Waals surface area (Å²) in [5, 5.41) is 6.14. The molecular formula is C10H14N4O2S. The first-order chi connectivity index (χ1) is 8.03. The SMILES string of the molecule is CS(=O)(=O)Nc1cccc(NC2=NCCN2)c1. The highest BCUT2D eigenvalue weighted by Gasteiger charge is 2.06. The van der Waals surface area contributed by atoms with Crippen LogP contribution in [0.5, 0.6) is 0 Å². The third-order valence-corrected chi connectivity index (χ3v) is 2.71. The predicted molar refractivity (Wildman–Crippen MR) is 68.8 cm³/mol. The lowest BCUT2D eigenvalue weighted by Crippen LogP contribution is -2.26. The van der Waals surface area contributed by atoms with Crippen molar-refractivity contribution in [3.8, 4) is 0 Å². The van der Waals surface area contributed by atoms with E-state index in [1.165, 1.54) is 0 Å². The topological polar surface area (TPSA) is 82.6 Å². The van der Waals surface area contributed by atoms with Crippen molar-refractivity contribution in [3.63, 3.8) is 0 Å². The van der Waals surface area contributed by atoms with E-state index in [-0.39, 0.29) is 0 Å². The molecule has 17 heavy (non-hydrogen) atoms. The van der Waals surface area contributed by atoms with Crippen LogP contribution in [0.2, 0.25) is 0 Å². The molecule has 1 aliphatic heterocycles. The number of hydrogen-bond donors (Lipinski definition) is 3. The van der Waals surface area contributed by atoms with Gasteiger partial charge in [0, 0.05) is 12.2 Å². The lowest BCUT2D eigenvalue weighted by Gasteiger charge is -2.09. The minimum absolute atomic E-state index is 0.524. The van der Waals surface area contributed by atoms with E-state index in [0.717, 1.165) is 25.0 Å². The second kappa shape index (κ2) is 4.62. The highest BCUT2D eigenvalue weighted by Crippen LogP contribution is 2.16. The zero-order valence-electron chi connectivity index (χ0n) is 9.40. The molecule has 0 bridgehead atoms. The summed E-state index contributed by atoms with van der Waals surface area (Å²) in [6.45, 7) is 1.58. The van der Waals surface area contributed by atoms with E-state index >= 15 is 0 Å². The molecule has 1 heterocycles. The van der Waals surface area contributed by atoms with Gasteiger partial charge in [-0.15, -0.1) is 0 Å². The van der Waals surface area contributed by atoms with E-state index < -0.39 is 10.0 Å². The Morgan fingerprint density at radius 1 is 1.35 bits per heavy atom. The fourth-order valence-corrected chi connectivity index (χ4v) is 2.05. The molecule has 6 nitrogen and oxygen atoms in total. The molecule has 1 aromatic rings. The van der Waals surface area contributed by atoms with E-state index in [1.807, 2.05) is 6.07 Å². The van der Waals surface area contributed by atoms with Crippen molar-refractivity contribution >= 4 is 27.4 Å². The summed E-state index contributed by atoms with van der Waals surface area (Å²) in [7, 11) is -3.24. The summed E-state index contributed by atoms with van der Waals surface area (Å²) in [6, 6.07) is 7.01. The van der Waals surface area contributed by atoms with Crippen LogP contribution in [0.15, 0.2) is 29.3 Å². The molecule has 0 radical (unpaired) electrons. The van der Waals surface area contributed by atoms with E-state index in [4.69, 9.17) is 0 Å². The summed E-state index contributed by atoms with van der Waals surface area (Å²) in [4.78, 5) is 4.19. The Kier molecular flexibility index (Phi) is 3.19. The van der Waals surface area contributed by atoms with Gasteiger partial charge >= 0.3 is 0 Å². The smallest absolute Gasteiger partial charge is 0.229 e. The normalized spacial score (nSPS) is 15.0. The Morgan fingerprint density at radius 3 is 2.76 bits per heavy atom. The van der Waals surface area contributed by atoms with Gasteiger partial charge in [0.15, 0.2) is 5.96 Å². The number of aliphatic imine (C=N–C) groups is 1. The van der Waals surface area contributed by atoms with Gasteiger partial charge in [-0.25, -0.2) is 8.42 Å². The minimum atomic E-state index is -3.24. The van der Waals surface area contributed by atoms with E-state index in [1.54, 1.807) is 18.2 Å². The largest absolute Gasteiger partial charge is 0.354 e. The van der Waals surface area contributed by atoms with Gasteiger partial charge < -0.3 is 10.6 Å². The molecule has 3 N–H and O–H groups in total. The number of benzene rings is 1. The predicted octanol–water partition coefficient (Wildman–Crippen LogP) is 0.429. The van der Waals surface area contributed by atoms with Crippen molar-refractivity contribution in [2.75, 3.05) is 29.4 Å². The molecule has 0 amide bonds. The van der Waals surface area contributed by atoms with Crippen LogP contribution in [0.3, 0.4) is 0 Å². The lowest BCUT2D eigenvalue weighted by molar-refractivity contribution is 0.607. The molecule has 0 atom stereocenters. The highest BCUT2D eigenvalue weighted by atomic mass is 32.2. The Hall–Kier alpha value is -1.76. The zero-order chi connectivity index (χ0) is 12.3. The average molecular weight is 254 g/mol. The minimum Gasteiger partial charge on any atom is -0.354 e. The Balaban J connectivity index is 2.11. The van der Waals surface area contributed by atoms with Gasteiger partial charge in [0.05, 0.1) is 18.5 Å². The average Bonchev–Trinajstić information content (AvgIpc) is 2.68. The van der Waals surface area contributed by atoms with Gasteiger partial charge in [-0.1, -0.05) is 6.07 Å². The van der Waals surface area contributed by atoms with Crippen LogP contribution in [-0.2, 0) is 10.0 Å². The lowest BCUT2D eigenvalue weighted by atomic mass is 10.3. The maximum Gasteiger partial charge on any atom is 0.229 e. The molecule has 0 aromatic heterocycles. The van der Waals surface area contributed by atoms with Gasteiger partial charge in [0.1, 0.15) is 0 Å². The molecule has 1 aliphatic rings. The van der Waals surface area contributed by atoms with E-state index in [0.29, 0.717) is 11.6 Å². The van der Waals surface area contributed by atoms with Crippen LogP contribution < -0.4 is 15.4 Å². The van der Waals surface area contributed by atoms with Crippen LogP contribution in [0, 0.1) is 0 Å². The van der Waals surface area contributed by atoms with Crippen molar-refractivity contribution < 1.29 is 8.42 Å². The second-order valence-corrected chi connectivity index (χ2v) is 5.49. The van der Waals surface area contributed by atoms with Gasteiger partial charge in [-0.05, 0) is 18.2 Å². The third kappa shape index (κ3) is 3.63. The molecule has 0 fully saturated rings. The van der Waals surface area contributed by atoms with Crippen LogP contribution in [0.1, 0.15) is 0 Å². The summed E-state index contributed by atoms with van der Waals surface area (Å²) < 4.78 is 24.6. The number of hydrogen-bond acceptors (Lipinski definition) is 5. The molecule has 2 rings (SSSR count). The Bertz CT molecular complexity index is 539. The quantitative estimate of drug-likeness (QED) is 0.730. The number of anilines is 2. The summed E-state index contributed by atoms with van der Waals surface area (Å²) >= 11 is 0.